The Morgan fingerprint density at radius 1 is 1.21 bits per heavy atom. The summed E-state index contributed by atoms with van der Waals surface area (Å²) in [5.74, 6) is -0.212. The van der Waals surface area contributed by atoms with Crippen molar-refractivity contribution in [1.82, 2.24) is 5.32 Å². The van der Waals surface area contributed by atoms with Gasteiger partial charge in [-0.25, -0.2) is 4.39 Å². The van der Waals surface area contributed by atoms with Crippen LogP contribution < -0.4 is 5.32 Å². The van der Waals surface area contributed by atoms with Gasteiger partial charge in [0.1, 0.15) is 5.82 Å². The van der Waals surface area contributed by atoms with Gasteiger partial charge in [0.2, 0.25) is 0 Å². The molecule has 0 saturated heterocycles. The number of rotatable bonds is 3. The first-order valence-corrected chi connectivity index (χ1v) is 7.08. The summed E-state index contributed by atoms with van der Waals surface area (Å²) in [5.41, 5.74) is 2.63. The molecule has 0 radical (unpaired) electrons. The summed E-state index contributed by atoms with van der Waals surface area (Å²) < 4.78 is 14.8. The minimum Gasteiger partial charge on any atom is -0.309 e. The lowest BCUT2D eigenvalue weighted by Crippen LogP contribution is -2.19. The van der Waals surface area contributed by atoms with Crippen molar-refractivity contribution in [3.8, 4) is 0 Å². The summed E-state index contributed by atoms with van der Waals surface area (Å²) in [4.78, 5) is 0. The predicted molar refractivity (Wildman–Crippen MR) is 81.2 cm³/mol. The SMILES string of the molecule is CNC(c1ccc(Cl)c(Br)c1)c1cc(C)ccc1F. The van der Waals surface area contributed by atoms with Crippen LogP contribution in [0.3, 0.4) is 0 Å². The number of benzene rings is 2. The minimum absolute atomic E-state index is 0.200. The number of nitrogens with one attached hydrogen (secondary N) is 1. The standard InChI is InChI=1S/C15H14BrClFN/c1-9-3-6-14(18)11(7-9)15(19-2)10-4-5-13(17)12(16)8-10/h3-8,15,19H,1-2H3. The van der Waals surface area contributed by atoms with Crippen LogP contribution in [0.25, 0.3) is 0 Å². The topological polar surface area (TPSA) is 12.0 Å². The zero-order valence-corrected chi connectivity index (χ0v) is 13.0. The van der Waals surface area contributed by atoms with Gasteiger partial charge in [-0.05, 0) is 53.7 Å². The molecule has 0 heterocycles. The van der Waals surface area contributed by atoms with Gasteiger partial charge in [-0.1, -0.05) is 35.4 Å². The molecule has 0 bridgehead atoms. The monoisotopic (exact) mass is 341 g/mol. The van der Waals surface area contributed by atoms with Crippen molar-refractivity contribution in [2.75, 3.05) is 7.05 Å². The normalized spacial score (nSPS) is 12.5. The summed E-state index contributed by atoms with van der Waals surface area (Å²) in [7, 11) is 1.81. The Balaban J connectivity index is 2.49. The second kappa shape index (κ2) is 6.04. The third kappa shape index (κ3) is 3.16. The van der Waals surface area contributed by atoms with Crippen LogP contribution in [0.2, 0.25) is 5.02 Å². The Labute approximate surface area is 125 Å². The van der Waals surface area contributed by atoms with E-state index in [1.165, 1.54) is 6.07 Å². The lowest BCUT2D eigenvalue weighted by atomic mass is 9.97. The maximum absolute atomic E-state index is 14.0. The van der Waals surface area contributed by atoms with E-state index in [9.17, 15) is 4.39 Å². The van der Waals surface area contributed by atoms with Crippen molar-refractivity contribution in [3.05, 3.63) is 68.4 Å². The molecule has 1 unspecified atom stereocenters. The Morgan fingerprint density at radius 3 is 2.58 bits per heavy atom. The molecule has 0 spiro atoms. The molecule has 1 atom stereocenters. The third-order valence-electron chi connectivity index (χ3n) is 3.03. The van der Waals surface area contributed by atoms with Crippen LogP contribution in [0.1, 0.15) is 22.7 Å². The highest BCUT2D eigenvalue weighted by Crippen LogP contribution is 2.30. The van der Waals surface area contributed by atoms with Gasteiger partial charge in [-0.2, -0.15) is 0 Å². The highest BCUT2D eigenvalue weighted by molar-refractivity contribution is 9.10. The molecule has 2 rings (SSSR count). The van der Waals surface area contributed by atoms with Crippen LogP contribution in [0.4, 0.5) is 4.39 Å². The summed E-state index contributed by atoms with van der Waals surface area (Å²) in [6, 6.07) is 10.5. The summed E-state index contributed by atoms with van der Waals surface area (Å²) in [5, 5.41) is 3.79. The first-order valence-electron chi connectivity index (χ1n) is 5.91. The van der Waals surface area contributed by atoms with Gasteiger partial charge in [0.25, 0.3) is 0 Å². The molecule has 1 N–H and O–H groups in total. The van der Waals surface area contributed by atoms with Crippen molar-refractivity contribution >= 4 is 27.5 Å². The second-order valence-corrected chi connectivity index (χ2v) is 5.68. The molecular formula is C15H14BrClFN. The molecule has 0 aliphatic heterocycles. The molecule has 0 aliphatic carbocycles. The van der Waals surface area contributed by atoms with E-state index in [2.05, 4.69) is 21.2 Å². The third-order valence-corrected chi connectivity index (χ3v) is 4.24. The molecule has 100 valence electrons. The van der Waals surface area contributed by atoms with Crippen LogP contribution in [0, 0.1) is 12.7 Å². The Hall–Kier alpha value is -0.900. The van der Waals surface area contributed by atoms with Crippen LogP contribution in [-0.4, -0.2) is 7.05 Å². The lowest BCUT2D eigenvalue weighted by Gasteiger charge is -2.19. The molecule has 0 amide bonds. The molecule has 2 aromatic rings. The number of hydrogen-bond donors (Lipinski definition) is 1. The molecule has 0 aliphatic rings. The smallest absolute Gasteiger partial charge is 0.128 e. The van der Waals surface area contributed by atoms with Crippen molar-refractivity contribution < 1.29 is 4.39 Å². The number of aryl methyl sites for hydroxylation is 1. The van der Waals surface area contributed by atoms with Gasteiger partial charge < -0.3 is 5.32 Å². The molecule has 0 saturated carbocycles. The van der Waals surface area contributed by atoms with Gasteiger partial charge >= 0.3 is 0 Å². The summed E-state index contributed by atoms with van der Waals surface area (Å²) in [6.45, 7) is 1.95. The number of hydrogen-bond acceptors (Lipinski definition) is 1. The van der Waals surface area contributed by atoms with Crippen molar-refractivity contribution in [2.45, 2.75) is 13.0 Å². The maximum Gasteiger partial charge on any atom is 0.128 e. The van der Waals surface area contributed by atoms with E-state index in [1.807, 2.05) is 32.2 Å². The average molecular weight is 343 g/mol. The van der Waals surface area contributed by atoms with Gasteiger partial charge in [-0.3, -0.25) is 0 Å². The Bertz CT molecular complexity index is 601. The van der Waals surface area contributed by atoms with E-state index in [0.717, 1.165) is 15.6 Å². The Kier molecular flexibility index (Phi) is 4.61. The van der Waals surface area contributed by atoms with Crippen LogP contribution in [0.15, 0.2) is 40.9 Å². The Morgan fingerprint density at radius 2 is 1.95 bits per heavy atom. The van der Waals surface area contributed by atoms with E-state index in [4.69, 9.17) is 11.6 Å². The summed E-state index contributed by atoms with van der Waals surface area (Å²) >= 11 is 9.39. The fraction of sp³-hybridized carbons (Fsp3) is 0.200. The molecule has 0 aromatic heterocycles. The van der Waals surface area contributed by atoms with Crippen molar-refractivity contribution in [1.29, 1.82) is 0 Å². The van der Waals surface area contributed by atoms with Crippen molar-refractivity contribution in [2.24, 2.45) is 0 Å². The lowest BCUT2D eigenvalue weighted by molar-refractivity contribution is 0.575. The van der Waals surface area contributed by atoms with Crippen LogP contribution in [-0.2, 0) is 0 Å². The molecule has 19 heavy (non-hydrogen) atoms. The van der Waals surface area contributed by atoms with E-state index in [0.29, 0.717) is 10.6 Å². The molecule has 2 aromatic carbocycles. The largest absolute Gasteiger partial charge is 0.309 e. The first kappa shape index (κ1) is 14.5. The van der Waals surface area contributed by atoms with Gasteiger partial charge in [-0.15, -0.1) is 0 Å². The van der Waals surface area contributed by atoms with E-state index in [1.54, 1.807) is 12.1 Å². The predicted octanol–water partition coefficient (Wildman–Crippen LogP) is 4.86. The van der Waals surface area contributed by atoms with E-state index in [-0.39, 0.29) is 11.9 Å². The highest BCUT2D eigenvalue weighted by Gasteiger charge is 2.17. The van der Waals surface area contributed by atoms with Crippen LogP contribution >= 0.6 is 27.5 Å². The molecule has 0 fully saturated rings. The van der Waals surface area contributed by atoms with E-state index < -0.39 is 0 Å². The summed E-state index contributed by atoms with van der Waals surface area (Å²) in [6.07, 6.45) is 0. The molecular weight excluding hydrogens is 329 g/mol. The van der Waals surface area contributed by atoms with Gasteiger partial charge in [0.15, 0.2) is 0 Å². The zero-order valence-electron chi connectivity index (χ0n) is 10.7. The van der Waals surface area contributed by atoms with Gasteiger partial charge in [0.05, 0.1) is 11.1 Å². The number of halogens is 3. The van der Waals surface area contributed by atoms with Crippen molar-refractivity contribution in [3.63, 3.8) is 0 Å². The fourth-order valence-corrected chi connectivity index (χ4v) is 2.59. The van der Waals surface area contributed by atoms with Crippen LogP contribution in [0.5, 0.6) is 0 Å². The van der Waals surface area contributed by atoms with E-state index >= 15 is 0 Å². The average Bonchev–Trinajstić information content (AvgIpc) is 2.38. The molecule has 4 heteroatoms. The maximum atomic E-state index is 14.0. The second-order valence-electron chi connectivity index (χ2n) is 4.42. The fourth-order valence-electron chi connectivity index (χ4n) is 2.08. The minimum atomic E-state index is -0.212. The highest BCUT2D eigenvalue weighted by atomic mass is 79.9. The molecule has 1 nitrogen and oxygen atoms in total. The quantitative estimate of drug-likeness (QED) is 0.840. The zero-order chi connectivity index (χ0) is 14.0. The van der Waals surface area contributed by atoms with Gasteiger partial charge in [0, 0.05) is 10.0 Å². The first-order chi connectivity index (χ1) is 9.02.